The largest absolute Gasteiger partial charge is 0.480 e. The molecule has 1 unspecified atom stereocenters. The van der Waals surface area contributed by atoms with Gasteiger partial charge in [0.05, 0.1) is 13.2 Å². The number of rotatable bonds is 43. The number of unbranched alkanes of at least 4 members (excludes halogenated alkanes) is 25. The number of ether oxygens (including phenoxy) is 2. The van der Waals surface area contributed by atoms with Gasteiger partial charge in [-0.25, -0.2) is 4.57 Å². The van der Waals surface area contributed by atoms with E-state index in [2.05, 4.69) is 42.7 Å². The lowest BCUT2D eigenvalue weighted by molar-refractivity contribution is -0.161. The fourth-order valence-electron chi connectivity index (χ4n) is 6.33. The number of esters is 2. The van der Waals surface area contributed by atoms with E-state index in [1.54, 1.807) is 0 Å². The summed E-state index contributed by atoms with van der Waals surface area (Å²) < 4.78 is 32.7. The van der Waals surface area contributed by atoms with Gasteiger partial charge >= 0.3 is 25.7 Å². The molecule has 3 atom stereocenters. The fraction of sp³-hybridized carbons (Fsp3) is 0.844. The minimum Gasteiger partial charge on any atom is -0.480 e. The normalized spacial score (nSPS) is 13.9. The lowest BCUT2D eigenvalue weighted by atomic mass is 10.0. The van der Waals surface area contributed by atoms with E-state index >= 15 is 0 Å². The van der Waals surface area contributed by atoms with Crippen molar-refractivity contribution in [3.05, 3.63) is 24.3 Å². The van der Waals surface area contributed by atoms with Crippen molar-refractivity contribution in [3.8, 4) is 0 Å². The average Bonchev–Trinajstić information content (AvgIpc) is 3.19. The van der Waals surface area contributed by atoms with Crippen LogP contribution in [0.5, 0.6) is 0 Å². The summed E-state index contributed by atoms with van der Waals surface area (Å²) in [5.74, 6) is -2.38. The first-order valence-electron chi connectivity index (χ1n) is 22.9. The van der Waals surface area contributed by atoms with Gasteiger partial charge in [0.25, 0.3) is 0 Å². The summed E-state index contributed by atoms with van der Waals surface area (Å²) in [5, 5.41) is 8.89. The van der Waals surface area contributed by atoms with E-state index in [1.807, 2.05) is 0 Å². The third kappa shape index (κ3) is 40.5. The molecule has 0 aliphatic heterocycles. The number of nitrogens with two attached hydrogens (primary N) is 1. The van der Waals surface area contributed by atoms with Crippen LogP contribution in [0.3, 0.4) is 0 Å². The van der Waals surface area contributed by atoms with Crippen LogP contribution in [0, 0.1) is 0 Å². The summed E-state index contributed by atoms with van der Waals surface area (Å²) >= 11 is 0. The maximum Gasteiger partial charge on any atom is 0.472 e. The number of allylic oxidation sites excluding steroid dienone is 4. The minimum atomic E-state index is -4.72. The Bertz CT molecular complexity index is 1070. The molecule has 0 heterocycles. The van der Waals surface area contributed by atoms with Gasteiger partial charge in [-0.05, 0) is 44.9 Å². The highest BCUT2D eigenvalue weighted by Crippen LogP contribution is 2.43. The van der Waals surface area contributed by atoms with E-state index < -0.39 is 51.1 Å². The van der Waals surface area contributed by atoms with Crippen molar-refractivity contribution in [1.29, 1.82) is 0 Å². The van der Waals surface area contributed by atoms with Gasteiger partial charge < -0.3 is 25.2 Å². The first-order valence-corrected chi connectivity index (χ1v) is 24.4. The predicted octanol–water partition coefficient (Wildman–Crippen LogP) is 12.2. The van der Waals surface area contributed by atoms with Crippen LogP contribution in [0.15, 0.2) is 24.3 Å². The second-order valence-electron chi connectivity index (χ2n) is 15.5. The van der Waals surface area contributed by atoms with E-state index in [1.165, 1.54) is 109 Å². The molecule has 0 fully saturated rings. The molecule has 11 nitrogen and oxygen atoms in total. The Hall–Kier alpha value is -2.04. The summed E-state index contributed by atoms with van der Waals surface area (Å²) in [5.41, 5.74) is 5.34. The van der Waals surface area contributed by atoms with E-state index in [-0.39, 0.29) is 19.4 Å². The van der Waals surface area contributed by atoms with Crippen molar-refractivity contribution in [2.45, 2.75) is 225 Å². The number of aliphatic carboxylic acids is 1. The molecule has 0 aliphatic carbocycles. The molecule has 57 heavy (non-hydrogen) atoms. The Morgan fingerprint density at radius 1 is 0.544 bits per heavy atom. The number of phosphoric acid groups is 1. The molecule has 0 amide bonds. The molecule has 4 N–H and O–H groups in total. The second kappa shape index (κ2) is 40.7. The summed E-state index contributed by atoms with van der Waals surface area (Å²) in [6.45, 7) is 2.79. The topological polar surface area (TPSA) is 172 Å². The Morgan fingerprint density at radius 3 is 1.40 bits per heavy atom. The Labute approximate surface area is 347 Å². The summed E-state index contributed by atoms with van der Waals surface area (Å²) in [6, 6.07) is -1.52. The Morgan fingerprint density at radius 2 is 0.930 bits per heavy atom. The Kier molecular flexibility index (Phi) is 39.3. The molecule has 0 rings (SSSR count). The van der Waals surface area contributed by atoms with E-state index in [0.29, 0.717) is 12.8 Å². The predicted molar refractivity (Wildman–Crippen MR) is 231 cm³/mol. The number of carbonyl (C=O) groups is 3. The molecule has 0 aromatic rings. The van der Waals surface area contributed by atoms with E-state index in [4.69, 9.17) is 24.8 Å². The van der Waals surface area contributed by atoms with Crippen LogP contribution in [0.25, 0.3) is 0 Å². The van der Waals surface area contributed by atoms with Crippen LogP contribution in [0.4, 0.5) is 0 Å². The van der Waals surface area contributed by atoms with Crippen molar-refractivity contribution in [2.75, 3.05) is 19.8 Å². The highest BCUT2D eigenvalue weighted by atomic mass is 31.2. The van der Waals surface area contributed by atoms with E-state index in [9.17, 15) is 23.8 Å². The molecule has 0 radical (unpaired) electrons. The molecule has 0 aromatic carbocycles. The molecular weight excluding hydrogens is 745 g/mol. The van der Waals surface area contributed by atoms with E-state index in [0.717, 1.165) is 64.2 Å². The molecular formula is C45H84NO10P. The van der Waals surface area contributed by atoms with Gasteiger partial charge in [-0.15, -0.1) is 0 Å². The quantitative estimate of drug-likeness (QED) is 0.0231. The monoisotopic (exact) mass is 830 g/mol. The van der Waals surface area contributed by atoms with Gasteiger partial charge in [0.1, 0.15) is 12.6 Å². The van der Waals surface area contributed by atoms with Crippen LogP contribution < -0.4 is 5.73 Å². The maximum atomic E-state index is 12.6. The van der Waals surface area contributed by atoms with Gasteiger partial charge in [-0.1, -0.05) is 179 Å². The molecule has 0 aliphatic rings. The number of carbonyl (C=O) groups excluding carboxylic acids is 2. The first kappa shape index (κ1) is 55.0. The second-order valence-corrected chi connectivity index (χ2v) is 17.0. The van der Waals surface area contributed by atoms with Crippen LogP contribution in [-0.4, -0.2) is 59.9 Å². The van der Waals surface area contributed by atoms with Gasteiger partial charge in [0, 0.05) is 12.8 Å². The van der Waals surface area contributed by atoms with Crippen LogP contribution >= 0.6 is 7.82 Å². The number of hydrogen-bond acceptors (Lipinski definition) is 9. The van der Waals surface area contributed by atoms with Crippen LogP contribution in [0.2, 0.25) is 0 Å². The molecule has 334 valence electrons. The maximum absolute atomic E-state index is 12.6. The summed E-state index contributed by atoms with van der Waals surface area (Å²) in [7, 11) is -4.72. The Balaban J connectivity index is 4.31. The molecule has 0 spiro atoms. The van der Waals surface area contributed by atoms with Crippen molar-refractivity contribution in [1.82, 2.24) is 0 Å². The van der Waals surface area contributed by atoms with Crippen molar-refractivity contribution in [3.63, 3.8) is 0 Å². The van der Waals surface area contributed by atoms with Crippen LogP contribution in [-0.2, 0) is 37.5 Å². The van der Waals surface area contributed by atoms with Gasteiger partial charge in [-0.3, -0.25) is 23.4 Å². The first-order chi connectivity index (χ1) is 27.6. The van der Waals surface area contributed by atoms with Crippen molar-refractivity contribution in [2.24, 2.45) is 5.73 Å². The lowest BCUT2D eigenvalue weighted by Crippen LogP contribution is -2.34. The fourth-order valence-corrected chi connectivity index (χ4v) is 7.11. The van der Waals surface area contributed by atoms with Crippen molar-refractivity contribution >= 4 is 25.7 Å². The lowest BCUT2D eigenvalue weighted by Gasteiger charge is -2.20. The third-order valence-corrected chi connectivity index (χ3v) is 10.9. The molecule has 0 aromatic heterocycles. The summed E-state index contributed by atoms with van der Waals surface area (Å²) in [4.78, 5) is 46.0. The summed E-state index contributed by atoms with van der Waals surface area (Å²) in [6.07, 6.45) is 42.4. The average molecular weight is 830 g/mol. The van der Waals surface area contributed by atoms with Crippen LogP contribution in [0.1, 0.15) is 213 Å². The van der Waals surface area contributed by atoms with Gasteiger partial charge in [0.15, 0.2) is 6.10 Å². The molecule has 0 bridgehead atoms. The SMILES string of the molecule is CCCCC/C=C/C/C=C/CCCCCCCC(=O)O[C@H](COC(=O)CCCCCCCCCCCCCCCCCCCC)COP(=O)(O)OC[C@H](N)C(=O)O. The highest BCUT2D eigenvalue weighted by molar-refractivity contribution is 7.47. The third-order valence-electron chi connectivity index (χ3n) is 9.95. The highest BCUT2D eigenvalue weighted by Gasteiger charge is 2.28. The number of carboxylic acid groups (broad SMARTS) is 1. The molecule has 0 saturated heterocycles. The van der Waals surface area contributed by atoms with Crippen molar-refractivity contribution < 1.29 is 47.5 Å². The standard InChI is InChI=1S/C45H84NO10P/c1-3-5-7-9-11-13-15-17-19-20-21-23-24-26-28-30-32-34-36-43(47)53-38-41(39-54-57(51,52)55-40-42(46)45(49)50)56-44(48)37-35-33-31-29-27-25-22-18-16-14-12-10-8-6-4-2/h12,14,18,22,41-42H,3-11,13,15-17,19-21,23-40,46H2,1-2H3,(H,49,50)(H,51,52)/b14-12+,22-18+/t41-,42+/m1/s1. The zero-order chi connectivity index (χ0) is 42.1. The zero-order valence-corrected chi connectivity index (χ0v) is 37.1. The van der Waals surface area contributed by atoms with Gasteiger partial charge in [-0.2, -0.15) is 0 Å². The molecule has 12 heteroatoms. The number of phosphoric ester groups is 1. The number of carboxylic acids is 1. The number of hydrogen-bond donors (Lipinski definition) is 3. The zero-order valence-electron chi connectivity index (χ0n) is 36.2. The van der Waals surface area contributed by atoms with Gasteiger partial charge in [0.2, 0.25) is 0 Å². The minimum absolute atomic E-state index is 0.148. The molecule has 0 saturated carbocycles. The smallest absolute Gasteiger partial charge is 0.472 e.